The van der Waals surface area contributed by atoms with E-state index >= 15 is 0 Å². The molecule has 2 aliphatic heterocycles. The van der Waals surface area contributed by atoms with Crippen LogP contribution in [-0.2, 0) is 32.1 Å². The average molecular weight is 593 g/mol. The number of hydrogen-bond donors (Lipinski definition) is 1. The zero-order valence-corrected chi connectivity index (χ0v) is 24.6. The number of allylic oxidation sites excluding steroid dienone is 3. The molecule has 0 spiro atoms. The minimum atomic E-state index is -1.20. The molecule has 0 radical (unpaired) electrons. The summed E-state index contributed by atoms with van der Waals surface area (Å²) in [6.45, 7) is 5.89. The summed E-state index contributed by atoms with van der Waals surface area (Å²) in [5.74, 6) is -3.88. The molecule has 2 aliphatic carbocycles. The van der Waals surface area contributed by atoms with Crippen molar-refractivity contribution in [3.63, 3.8) is 0 Å². The Morgan fingerprint density at radius 3 is 2.49 bits per heavy atom. The summed E-state index contributed by atoms with van der Waals surface area (Å²) in [4.78, 5) is 60.0. The molecule has 6 atom stereocenters. The molecule has 3 fully saturated rings. The number of carbonyl (C=O) groups excluding carboxylic acids is 4. The van der Waals surface area contributed by atoms with Crippen LogP contribution in [0, 0.1) is 29.1 Å². The first-order valence-electron chi connectivity index (χ1n) is 14.7. The maximum atomic E-state index is 14.5. The van der Waals surface area contributed by atoms with Crippen molar-refractivity contribution in [1.82, 2.24) is 4.90 Å². The lowest BCUT2D eigenvalue weighted by Crippen LogP contribution is -2.48. The molecule has 3 aromatic rings. The molecule has 7 rings (SSSR count). The summed E-state index contributed by atoms with van der Waals surface area (Å²) in [6.07, 6.45) is 4.82. The van der Waals surface area contributed by atoms with E-state index in [-0.39, 0.29) is 42.3 Å². The van der Waals surface area contributed by atoms with Gasteiger partial charge in [-0.3, -0.25) is 24.1 Å². The van der Waals surface area contributed by atoms with Crippen molar-refractivity contribution in [3.8, 4) is 5.75 Å². The van der Waals surface area contributed by atoms with Gasteiger partial charge in [0.15, 0.2) is 0 Å². The molecule has 1 saturated carbocycles. The van der Waals surface area contributed by atoms with E-state index in [2.05, 4.69) is 6.58 Å². The highest BCUT2D eigenvalue weighted by atomic mass is 32.1. The number of imide groups is 2. The zero-order chi connectivity index (χ0) is 30.0. The largest absolute Gasteiger partial charge is 0.507 e. The Bertz CT molecular complexity index is 1700. The van der Waals surface area contributed by atoms with Gasteiger partial charge in [0.1, 0.15) is 5.75 Å². The van der Waals surface area contributed by atoms with Gasteiger partial charge in [0.25, 0.3) is 0 Å². The zero-order valence-electron chi connectivity index (χ0n) is 23.8. The topological polar surface area (TPSA) is 95.0 Å². The van der Waals surface area contributed by atoms with Crippen LogP contribution in [0.1, 0.15) is 41.7 Å². The third-order valence-corrected chi connectivity index (χ3v) is 11.0. The summed E-state index contributed by atoms with van der Waals surface area (Å²) in [7, 11) is 0. The predicted octanol–water partition coefficient (Wildman–Crippen LogP) is 5.61. The molecular weight excluding hydrogens is 560 g/mol. The fourth-order valence-corrected chi connectivity index (χ4v) is 8.82. The van der Waals surface area contributed by atoms with Crippen LogP contribution in [-0.4, -0.2) is 33.6 Å². The molecule has 218 valence electrons. The second kappa shape index (κ2) is 10.2. The van der Waals surface area contributed by atoms with E-state index in [1.165, 1.54) is 21.1 Å². The number of rotatable bonds is 6. The van der Waals surface area contributed by atoms with Crippen LogP contribution in [0.3, 0.4) is 0 Å². The summed E-state index contributed by atoms with van der Waals surface area (Å²) in [5, 5.41) is 13.5. The second-order valence-corrected chi connectivity index (χ2v) is 13.2. The third kappa shape index (κ3) is 3.92. The number of hydrogen-bond acceptors (Lipinski definition) is 6. The second-order valence-electron chi connectivity index (χ2n) is 12.2. The molecule has 4 aliphatic rings. The molecule has 3 heterocycles. The lowest BCUT2D eigenvalue weighted by atomic mass is 9.51. The molecule has 2 aromatic carbocycles. The highest BCUT2D eigenvalue weighted by Gasteiger charge is 2.67. The number of phenolic OH excluding ortho intramolecular Hbond substituents is 1. The highest BCUT2D eigenvalue weighted by molar-refractivity contribution is 7.09. The number of nitrogens with zero attached hydrogens (tertiary/aromatic N) is 2. The lowest BCUT2D eigenvalue weighted by Gasteiger charge is -2.49. The predicted molar refractivity (Wildman–Crippen MR) is 163 cm³/mol. The first-order valence-corrected chi connectivity index (χ1v) is 15.6. The van der Waals surface area contributed by atoms with E-state index in [9.17, 15) is 24.3 Å². The van der Waals surface area contributed by atoms with Gasteiger partial charge in [-0.15, -0.1) is 17.9 Å². The normalized spacial score (nSPS) is 29.8. The smallest absolute Gasteiger partial charge is 0.241 e. The summed E-state index contributed by atoms with van der Waals surface area (Å²) < 4.78 is 0. The van der Waals surface area contributed by atoms with Crippen molar-refractivity contribution < 1.29 is 24.3 Å². The van der Waals surface area contributed by atoms with Crippen LogP contribution in [0.2, 0.25) is 0 Å². The Balaban J connectivity index is 1.37. The fourth-order valence-electron chi connectivity index (χ4n) is 8.13. The Labute approximate surface area is 254 Å². The maximum absolute atomic E-state index is 14.5. The van der Waals surface area contributed by atoms with Gasteiger partial charge >= 0.3 is 0 Å². The third-order valence-electron chi connectivity index (χ3n) is 10.1. The number of amides is 4. The Hall–Kier alpha value is -4.30. The summed E-state index contributed by atoms with van der Waals surface area (Å²) >= 11 is 1.50. The van der Waals surface area contributed by atoms with Crippen LogP contribution in [0.4, 0.5) is 5.69 Å². The first kappa shape index (κ1) is 27.5. The van der Waals surface area contributed by atoms with Gasteiger partial charge in [-0.1, -0.05) is 60.2 Å². The van der Waals surface area contributed by atoms with E-state index in [4.69, 9.17) is 0 Å². The molecule has 1 aromatic heterocycles. The molecular formula is C35H32N2O5S. The standard InChI is InChI=1S/C35H32N2O5S/c1-3-9-20-10-7-14-25(30(20)38)29-23-15-16-24-28(33(41)36(31(24)39)19-22-13-8-17-43-22)26(23)18-27-32(40)37(34(42)35(27,29)2)21-11-5-4-6-12-21/h3-8,10-15,17,24,26-29,38H,1,9,16,18-19H2,2H3. The van der Waals surface area contributed by atoms with Crippen LogP contribution in [0.15, 0.2) is 90.3 Å². The molecule has 6 unspecified atom stereocenters. The molecule has 43 heavy (non-hydrogen) atoms. The van der Waals surface area contributed by atoms with Gasteiger partial charge in [0, 0.05) is 16.4 Å². The van der Waals surface area contributed by atoms with Crippen molar-refractivity contribution in [2.75, 3.05) is 4.90 Å². The number of benzene rings is 2. The number of para-hydroxylation sites is 2. The van der Waals surface area contributed by atoms with E-state index < -0.39 is 35.0 Å². The number of carbonyl (C=O) groups is 4. The number of aromatic hydroxyl groups is 1. The lowest BCUT2D eigenvalue weighted by molar-refractivity contribution is -0.141. The number of fused-ring (bicyclic) bond motifs is 4. The van der Waals surface area contributed by atoms with E-state index in [0.717, 1.165) is 10.5 Å². The van der Waals surface area contributed by atoms with Crippen molar-refractivity contribution in [2.24, 2.45) is 29.1 Å². The molecule has 2 saturated heterocycles. The van der Waals surface area contributed by atoms with Crippen LogP contribution in [0.25, 0.3) is 0 Å². The van der Waals surface area contributed by atoms with Gasteiger partial charge in [0.05, 0.1) is 35.4 Å². The highest BCUT2D eigenvalue weighted by Crippen LogP contribution is 2.64. The quantitative estimate of drug-likeness (QED) is 0.297. The van der Waals surface area contributed by atoms with Crippen molar-refractivity contribution in [1.29, 1.82) is 0 Å². The van der Waals surface area contributed by atoms with Gasteiger partial charge in [-0.25, -0.2) is 4.90 Å². The minimum Gasteiger partial charge on any atom is -0.507 e. The van der Waals surface area contributed by atoms with Gasteiger partial charge in [-0.2, -0.15) is 0 Å². The van der Waals surface area contributed by atoms with E-state index in [1.54, 1.807) is 30.3 Å². The Kier molecular flexibility index (Phi) is 6.50. The molecule has 1 N–H and O–H groups in total. The molecule has 7 nitrogen and oxygen atoms in total. The molecule has 4 amide bonds. The summed E-state index contributed by atoms with van der Waals surface area (Å²) in [6, 6.07) is 18.2. The van der Waals surface area contributed by atoms with Crippen molar-refractivity contribution in [3.05, 3.63) is 106 Å². The Morgan fingerprint density at radius 2 is 1.77 bits per heavy atom. The molecule has 0 bridgehead atoms. The summed E-state index contributed by atoms with van der Waals surface area (Å²) in [5.41, 5.74) is 1.40. The van der Waals surface area contributed by atoms with Crippen molar-refractivity contribution >= 4 is 40.7 Å². The number of anilines is 1. The average Bonchev–Trinajstić information content (AvgIpc) is 3.66. The minimum absolute atomic E-state index is 0.0719. The van der Waals surface area contributed by atoms with E-state index in [0.29, 0.717) is 29.7 Å². The van der Waals surface area contributed by atoms with Gasteiger partial charge in [-0.05, 0) is 61.2 Å². The first-order chi connectivity index (χ1) is 20.8. The number of phenols is 1. The van der Waals surface area contributed by atoms with Gasteiger partial charge < -0.3 is 5.11 Å². The number of thiophene rings is 1. The van der Waals surface area contributed by atoms with Crippen LogP contribution < -0.4 is 4.90 Å². The van der Waals surface area contributed by atoms with E-state index in [1.807, 2.05) is 54.8 Å². The maximum Gasteiger partial charge on any atom is 0.241 e. The van der Waals surface area contributed by atoms with Crippen molar-refractivity contribution in [2.45, 2.75) is 38.6 Å². The molecule has 8 heteroatoms. The fraction of sp³-hybridized carbons (Fsp3) is 0.314. The Morgan fingerprint density at radius 1 is 0.977 bits per heavy atom. The number of likely N-dealkylation sites (tertiary alicyclic amines) is 1. The SMILES string of the molecule is C=CCc1cccc(C2C3=CCC4C(=O)N(Cc5cccs5)C(=O)C4C3CC3C(=O)N(c4ccccc4)C(=O)C32C)c1O. The monoisotopic (exact) mass is 592 g/mol. The van der Waals surface area contributed by atoms with Crippen LogP contribution in [0.5, 0.6) is 5.75 Å². The van der Waals surface area contributed by atoms with Crippen LogP contribution >= 0.6 is 11.3 Å². The van der Waals surface area contributed by atoms with Gasteiger partial charge in [0.2, 0.25) is 23.6 Å².